The summed E-state index contributed by atoms with van der Waals surface area (Å²) in [6.45, 7) is 7.09. The first kappa shape index (κ1) is 13.6. The predicted molar refractivity (Wildman–Crippen MR) is 67.0 cm³/mol. The Morgan fingerprint density at radius 1 is 1.47 bits per heavy atom. The van der Waals surface area contributed by atoms with Crippen LogP contribution in [0.1, 0.15) is 43.4 Å². The molecular weight excluding hydrogens is 216 g/mol. The maximum absolute atomic E-state index is 10.8. The van der Waals surface area contributed by atoms with Crippen molar-refractivity contribution < 1.29 is 9.90 Å². The minimum atomic E-state index is -0.984. The Morgan fingerprint density at radius 2 is 2.18 bits per heavy atom. The zero-order valence-electron chi connectivity index (χ0n) is 10.6. The van der Waals surface area contributed by atoms with Crippen molar-refractivity contribution in [1.29, 1.82) is 0 Å². The monoisotopic (exact) mass is 236 g/mol. The second kappa shape index (κ2) is 6.35. The number of hydrogen-bond donors (Lipinski definition) is 2. The topological polar surface area (TPSA) is 62.2 Å². The van der Waals surface area contributed by atoms with E-state index in [2.05, 4.69) is 31.1 Å². The third-order valence-corrected chi connectivity index (χ3v) is 3.13. The van der Waals surface area contributed by atoms with Gasteiger partial charge in [0.15, 0.2) is 0 Å². The first-order chi connectivity index (χ1) is 8.04. The third kappa shape index (κ3) is 4.15. The van der Waals surface area contributed by atoms with Crippen LogP contribution in [0.3, 0.4) is 0 Å². The van der Waals surface area contributed by atoms with Crippen LogP contribution in [-0.2, 0) is 6.54 Å². The number of pyridine rings is 1. The Labute approximate surface area is 102 Å². The van der Waals surface area contributed by atoms with Gasteiger partial charge in [-0.1, -0.05) is 26.3 Å². The second-order valence-corrected chi connectivity index (χ2v) is 4.37. The highest BCUT2D eigenvalue weighted by molar-refractivity contribution is 5.85. The van der Waals surface area contributed by atoms with E-state index in [1.165, 1.54) is 6.07 Å². The van der Waals surface area contributed by atoms with E-state index in [1.54, 1.807) is 6.07 Å². The predicted octanol–water partition coefficient (Wildman–Crippen LogP) is 2.30. The highest BCUT2D eigenvalue weighted by atomic mass is 16.4. The summed E-state index contributed by atoms with van der Waals surface area (Å²) in [5.41, 5.74) is 0.862. The average molecular weight is 236 g/mol. The van der Waals surface area contributed by atoms with E-state index in [4.69, 9.17) is 5.11 Å². The van der Waals surface area contributed by atoms with Crippen molar-refractivity contribution >= 4 is 5.97 Å². The summed E-state index contributed by atoms with van der Waals surface area (Å²) in [5.74, 6) is -0.389. The summed E-state index contributed by atoms with van der Waals surface area (Å²) >= 11 is 0. The largest absolute Gasteiger partial charge is 0.477 e. The summed E-state index contributed by atoms with van der Waals surface area (Å²) in [6.07, 6.45) is 1.12. The molecule has 0 radical (unpaired) electrons. The fourth-order valence-electron chi connectivity index (χ4n) is 1.52. The van der Waals surface area contributed by atoms with Crippen LogP contribution >= 0.6 is 0 Å². The van der Waals surface area contributed by atoms with Crippen LogP contribution < -0.4 is 5.32 Å². The van der Waals surface area contributed by atoms with Crippen LogP contribution in [0.2, 0.25) is 0 Å². The van der Waals surface area contributed by atoms with Gasteiger partial charge in [-0.3, -0.25) is 0 Å². The molecule has 2 atom stereocenters. The van der Waals surface area contributed by atoms with Gasteiger partial charge in [-0.15, -0.1) is 0 Å². The molecule has 1 aromatic heterocycles. The lowest BCUT2D eigenvalue weighted by molar-refractivity contribution is 0.0690. The molecule has 0 saturated carbocycles. The van der Waals surface area contributed by atoms with Gasteiger partial charge in [0.25, 0.3) is 0 Å². The molecule has 0 aromatic carbocycles. The molecule has 0 bridgehead atoms. The van der Waals surface area contributed by atoms with Crippen molar-refractivity contribution in [1.82, 2.24) is 10.3 Å². The number of rotatable bonds is 6. The number of nitrogens with one attached hydrogen (secondary N) is 1. The highest BCUT2D eigenvalue weighted by Gasteiger charge is 2.10. The van der Waals surface area contributed by atoms with Crippen LogP contribution in [-0.4, -0.2) is 22.1 Å². The number of nitrogens with zero attached hydrogens (tertiary/aromatic N) is 1. The van der Waals surface area contributed by atoms with Gasteiger partial charge in [-0.2, -0.15) is 0 Å². The number of aromatic carboxylic acids is 1. The summed E-state index contributed by atoms with van der Waals surface area (Å²) < 4.78 is 0. The molecule has 0 amide bonds. The van der Waals surface area contributed by atoms with Crippen LogP contribution in [0.5, 0.6) is 0 Å². The molecule has 0 aliphatic rings. The van der Waals surface area contributed by atoms with Gasteiger partial charge in [0.1, 0.15) is 5.69 Å². The highest BCUT2D eigenvalue weighted by Crippen LogP contribution is 2.07. The number of aromatic nitrogens is 1. The molecule has 17 heavy (non-hydrogen) atoms. The summed E-state index contributed by atoms with van der Waals surface area (Å²) in [7, 11) is 0. The summed E-state index contributed by atoms with van der Waals surface area (Å²) in [5, 5.41) is 12.2. The van der Waals surface area contributed by atoms with E-state index in [9.17, 15) is 4.79 Å². The van der Waals surface area contributed by atoms with Crippen LogP contribution in [0.4, 0.5) is 0 Å². The Bertz CT molecular complexity index is 379. The van der Waals surface area contributed by atoms with Crippen molar-refractivity contribution in [3.63, 3.8) is 0 Å². The van der Waals surface area contributed by atoms with Crippen molar-refractivity contribution in [3.8, 4) is 0 Å². The number of hydrogen-bond acceptors (Lipinski definition) is 3. The van der Waals surface area contributed by atoms with E-state index in [0.29, 0.717) is 18.5 Å². The van der Waals surface area contributed by atoms with Gasteiger partial charge in [-0.05, 0) is 25.0 Å². The Kier molecular flexibility index (Phi) is 5.10. The van der Waals surface area contributed by atoms with Crippen molar-refractivity contribution in [2.24, 2.45) is 5.92 Å². The minimum absolute atomic E-state index is 0.0977. The Balaban J connectivity index is 2.57. The number of carbonyl (C=O) groups is 1. The smallest absolute Gasteiger partial charge is 0.354 e. The number of carboxylic acid groups (broad SMARTS) is 1. The maximum Gasteiger partial charge on any atom is 0.354 e. The Morgan fingerprint density at radius 3 is 2.76 bits per heavy atom. The van der Waals surface area contributed by atoms with Gasteiger partial charge in [0, 0.05) is 12.6 Å². The summed E-state index contributed by atoms with van der Waals surface area (Å²) in [4.78, 5) is 14.8. The minimum Gasteiger partial charge on any atom is -0.477 e. The van der Waals surface area contributed by atoms with E-state index in [-0.39, 0.29) is 5.69 Å². The molecule has 4 heteroatoms. The van der Waals surface area contributed by atoms with Gasteiger partial charge in [-0.25, -0.2) is 9.78 Å². The van der Waals surface area contributed by atoms with Crippen LogP contribution in [0.25, 0.3) is 0 Å². The lowest BCUT2D eigenvalue weighted by Crippen LogP contribution is -2.31. The number of carboxylic acids is 1. The molecule has 0 aliphatic heterocycles. The van der Waals surface area contributed by atoms with Gasteiger partial charge in [0.2, 0.25) is 0 Å². The quantitative estimate of drug-likeness (QED) is 0.795. The lowest BCUT2D eigenvalue weighted by Gasteiger charge is -2.19. The van der Waals surface area contributed by atoms with E-state index >= 15 is 0 Å². The fourth-order valence-corrected chi connectivity index (χ4v) is 1.52. The maximum atomic E-state index is 10.8. The molecule has 0 saturated heterocycles. The molecule has 1 rings (SSSR count). The van der Waals surface area contributed by atoms with Crippen molar-refractivity contribution in [2.45, 2.75) is 39.8 Å². The average Bonchev–Trinajstić information content (AvgIpc) is 2.35. The van der Waals surface area contributed by atoms with Crippen LogP contribution in [0.15, 0.2) is 18.2 Å². The van der Waals surface area contributed by atoms with E-state index < -0.39 is 5.97 Å². The normalized spacial score (nSPS) is 14.3. The fraction of sp³-hybridized carbons (Fsp3) is 0.538. The van der Waals surface area contributed by atoms with E-state index in [0.717, 1.165) is 12.1 Å². The van der Waals surface area contributed by atoms with Crippen molar-refractivity contribution in [2.75, 3.05) is 0 Å². The first-order valence-electron chi connectivity index (χ1n) is 5.97. The molecule has 2 N–H and O–H groups in total. The Hall–Kier alpha value is -1.42. The van der Waals surface area contributed by atoms with E-state index in [1.807, 2.05) is 6.07 Å². The summed E-state index contributed by atoms with van der Waals surface area (Å²) in [6, 6.07) is 5.46. The zero-order valence-corrected chi connectivity index (χ0v) is 10.6. The molecule has 1 aromatic rings. The van der Waals surface area contributed by atoms with Crippen molar-refractivity contribution in [3.05, 3.63) is 29.6 Å². The molecule has 4 nitrogen and oxygen atoms in total. The molecular formula is C13H20N2O2. The molecule has 0 spiro atoms. The zero-order chi connectivity index (χ0) is 12.8. The molecule has 0 fully saturated rings. The first-order valence-corrected chi connectivity index (χ1v) is 5.97. The second-order valence-electron chi connectivity index (χ2n) is 4.37. The molecule has 94 valence electrons. The molecule has 1 heterocycles. The van der Waals surface area contributed by atoms with Gasteiger partial charge < -0.3 is 10.4 Å². The standard InChI is InChI=1S/C13H20N2O2/c1-4-9(2)10(3)14-8-11-6-5-7-12(15-11)13(16)17/h5-7,9-10,14H,4,8H2,1-3H3,(H,16,17). The van der Waals surface area contributed by atoms with Gasteiger partial charge in [0.05, 0.1) is 5.69 Å². The molecule has 2 unspecified atom stereocenters. The lowest BCUT2D eigenvalue weighted by atomic mass is 10.0. The SMILES string of the molecule is CCC(C)C(C)NCc1cccc(C(=O)O)n1. The van der Waals surface area contributed by atoms with Crippen LogP contribution in [0, 0.1) is 5.92 Å². The third-order valence-electron chi connectivity index (χ3n) is 3.13. The molecule has 0 aliphatic carbocycles. The van der Waals surface area contributed by atoms with Gasteiger partial charge >= 0.3 is 5.97 Å².